The Bertz CT molecular complexity index is 661. The van der Waals surface area contributed by atoms with Gasteiger partial charge in [0.2, 0.25) is 0 Å². The van der Waals surface area contributed by atoms with Crippen LogP contribution in [-0.4, -0.2) is 11.3 Å². The van der Waals surface area contributed by atoms with Gasteiger partial charge in [0.25, 0.3) is 0 Å². The summed E-state index contributed by atoms with van der Waals surface area (Å²) in [4.78, 5) is 0. The number of hydrogen-bond acceptors (Lipinski definition) is 3. The number of ether oxygens (including phenoxy) is 1. The molecule has 0 radical (unpaired) electrons. The monoisotopic (exact) mass is 303 g/mol. The van der Waals surface area contributed by atoms with Crippen molar-refractivity contribution in [3.05, 3.63) is 65.5 Å². The number of nitrogens with zero attached hydrogens (tertiary/aromatic N) is 1. The zero-order chi connectivity index (χ0) is 15.1. The summed E-state index contributed by atoms with van der Waals surface area (Å²) >= 11 is 4.65. The second-order valence-electron chi connectivity index (χ2n) is 4.15. The summed E-state index contributed by atoms with van der Waals surface area (Å²) in [5, 5.41) is 3.96. The maximum Gasteiger partial charge on any atom is 0.184 e. The predicted molar refractivity (Wildman–Crippen MR) is 84.7 cm³/mol. The number of nitrogens with one attached hydrogen (secondary N) is 1. The highest BCUT2D eigenvalue weighted by Crippen LogP contribution is 2.18. The number of hydrazone groups is 1. The van der Waals surface area contributed by atoms with Crippen molar-refractivity contribution in [1.29, 1.82) is 0 Å². The van der Waals surface area contributed by atoms with Gasteiger partial charge in [-0.1, -0.05) is 30.3 Å². The molecule has 108 valence electrons. The van der Waals surface area contributed by atoms with Crippen molar-refractivity contribution in [2.75, 3.05) is 0 Å². The van der Waals surface area contributed by atoms with E-state index in [0.29, 0.717) is 11.3 Å². The summed E-state index contributed by atoms with van der Waals surface area (Å²) in [6.45, 7) is 0.139. The lowest BCUT2D eigenvalue weighted by atomic mass is 10.2. The second-order valence-corrected chi connectivity index (χ2v) is 4.59. The largest absolute Gasteiger partial charge is 0.488 e. The highest BCUT2D eigenvalue weighted by molar-refractivity contribution is 7.80. The molecule has 0 saturated carbocycles. The number of benzene rings is 2. The fraction of sp³-hybridized carbons (Fsp3) is 0.0667. The standard InChI is InChI=1S/C15H14FN3OS/c16-13-7-3-1-6-12(13)10-20-14-8-4-2-5-11(14)9-18-19-15(17)21/h1-9H,10H2,(H3,17,19,21)/b18-9-. The van der Waals surface area contributed by atoms with Crippen LogP contribution in [0.15, 0.2) is 53.6 Å². The molecule has 0 aliphatic rings. The van der Waals surface area contributed by atoms with E-state index in [4.69, 9.17) is 10.5 Å². The fourth-order valence-electron chi connectivity index (χ4n) is 1.66. The Morgan fingerprint density at radius 3 is 2.71 bits per heavy atom. The molecule has 3 N–H and O–H groups in total. The van der Waals surface area contributed by atoms with E-state index < -0.39 is 0 Å². The van der Waals surface area contributed by atoms with Gasteiger partial charge in [0.1, 0.15) is 18.2 Å². The molecule has 0 heterocycles. The summed E-state index contributed by atoms with van der Waals surface area (Å²) in [7, 11) is 0. The van der Waals surface area contributed by atoms with E-state index in [0.717, 1.165) is 5.56 Å². The van der Waals surface area contributed by atoms with Gasteiger partial charge in [-0.05, 0) is 30.4 Å². The molecule has 0 bridgehead atoms. The number of hydrogen-bond donors (Lipinski definition) is 2. The minimum atomic E-state index is -0.293. The van der Waals surface area contributed by atoms with Crippen LogP contribution in [0.5, 0.6) is 5.75 Å². The first-order chi connectivity index (χ1) is 10.2. The van der Waals surface area contributed by atoms with Gasteiger partial charge in [0.15, 0.2) is 5.11 Å². The first kappa shape index (κ1) is 14.9. The van der Waals surface area contributed by atoms with Crippen molar-refractivity contribution in [3.8, 4) is 5.75 Å². The van der Waals surface area contributed by atoms with E-state index in [1.807, 2.05) is 18.2 Å². The Labute approximate surface area is 127 Å². The van der Waals surface area contributed by atoms with Gasteiger partial charge >= 0.3 is 0 Å². The molecule has 0 amide bonds. The van der Waals surface area contributed by atoms with Crippen molar-refractivity contribution >= 4 is 23.5 Å². The fourth-order valence-corrected chi connectivity index (χ4v) is 1.71. The summed E-state index contributed by atoms with van der Waals surface area (Å²) in [6, 6.07) is 13.8. The van der Waals surface area contributed by atoms with Crippen molar-refractivity contribution in [1.82, 2.24) is 5.43 Å². The topological polar surface area (TPSA) is 59.6 Å². The molecule has 0 saturated heterocycles. The summed E-state index contributed by atoms with van der Waals surface area (Å²) in [6.07, 6.45) is 1.54. The Morgan fingerprint density at radius 1 is 1.24 bits per heavy atom. The Kier molecular flexibility index (Phi) is 5.22. The number of rotatable bonds is 5. The van der Waals surface area contributed by atoms with Gasteiger partial charge in [-0.2, -0.15) is 5.10 Å². The van der Waals surface area contributed by atoms with Crippen molar-refractivity contribution in [2.24, 2.45) is 10.8 Å². The highest BCUT2D eigenvalue weighted by Gasteiger charge is 2.04. The van der Waals surface area contributed by atoms with Gasteiger partial charge in [-0.25, -0.2) is 4.39 Å². The Morgan fingerprint density at radius 2 is 1.95 bits per heavy atom. The molecule has 2 rings (SSSR count). The molecule has 21 heavy (non-hydrogen) atoms. The molecule has 0 aromatic heterocycles. The molecule has 6 heteroatoms. The lowest BCUT2D eigenvalue weighted by molar-refractivity contribution is 0.299. The third kappa shape index (κ3) is 4.54. The van der Waals surface area contributed by atoms with Crippen LogP contribution in [0.2, 0.25) is 0 Å². The van der Waals surface area contributed by atoms with Crippen LogP contribution in [0.4, 0.5) is 4.39 Å². The van der Waals surface area contributed by atoms with Crippen molar-refractivity contribution in [3.63, 3.8) is 0 Å². The second kappa shape index (κ2) is 7.35. The van der Waals surface area contributed by atoms with E-state index >= 15 is 0 Å². The van der Waals surface area contributed by atoms with Crippen LogP contribution in [-0.2, 0) is 6.61 Å². The molecular weight excluding hydrogens is 289 g/mol. The molecule has 2 aromatic carbocycles. The van der Waals surface area contributed by atoms with E-state index in [9.17, 15) is 4.39 Å². The van der Waals surface area contributed by atoms with Gasteiger partial charge in [-0.3, -0.25) is 5.43 Å². The van der Waals surface area contributed by atoms with Crippen LogP contribution in [0.1, 0.15) is 11.1 Å². The van der Waals surface area contributed by atoms with Crippen molar-refractivity contribution in [2.45, 2.75) is 6.61 Å². The van der Waals surface area contributed by atoms with Crippen LogP contribution < -0.4 is 15.9 Å². The van der Waals surface area contributed by atoms with Crippen LogP contribution >= 0.6 is 12.2 Å². The Balaban J connectivity index is 2.08. The lowest BCUT2D eigenvalue weighted by Gasteiger charge is -2.09. The van der Waals surface area contributed by atoms with E-state index in [1.54, 1.807) is 24.3 Å². The number of thiocarbonyl (C=S) groups is 1. The smallest absolute Gasteiger partial charge is 0.184 e. The van der Waals surface area contributed by atoms with Gasteiger partial charge < -0.3 is 10.5 Å². The highest BCUT2D eigenvalue weighted by atomic mass is 32.1. The van der Waals surface area contributed by atoms with Crippen LogP contribution in [0.25, 0.3) is 0 Å². The third-order valence-electron chi connectivity index (χ3n) is 2.64. The molecule has 0 atom stereocenters. The molecule has 4 nitrogen and oxygen atoms in total. The summed E-state index contributed by atoms with van der Waals surface area (Å²) in [5.74, 6) is 0.299. The Hall–Kier alpha value is -2.47. The average molecular weight is 303 g/mol. The lowest BCUT2D eigenvalue weighted by Crippen LogP contribution is -2.24. The van der Waals surface area contributed by atoms with Gasteiger partial charge in [-0.15, -0.1) is 0 Å². The average Bonchev–Trinajstić information content (AvgIpc) is 2.47. The van der Waals surface area contributed by atoms with E-state index in [2.05, 4.69) is 22.7 Å². The van der Waals surface area contributed by atoms with Crippen LogP contribution in [0, 0.1) is 5.82 Å². The molecular formula is C15H14FN3OS. The van der Waals surface area contributed by atoms with Gasteiger partial charge in [0.05, 0.1) is 6.21 Å². The van der Waals surface area contributed by atoms with Crippen molar-refractivity contribution < 1.29 is 9.13 Å². The van der Waals surface area contributed by atoms with E-state index in [1.165, 1.54) is 12.3 Å². The first-order valence-electron chi connectivity index (χ1n) is 6.20. The number of nitrogens with two attached hydrogens (primary N) is 1. The SMILES string of the molecule is NC(=S)N/N=C\c1ccccc1OCc1ccccc1F. The molecule has 0 fully saturated rings. The minimum Gasteiger partial charge on any atom is -0.488 e. The van der Waals surface area contributed by atoms with E-state index in [-0.39, 0.29) is 17.5 Å². The van der Waals surface area contributed by atoms with Crippen LogP contribution in [0.3, 0.4) is 0 Å². The summed E-state index contributed by atoms with van der Waals surface area (Å²) in [5.41, 5.74) is 8.97. The molecule has 0 unspecified atom stereocenters. The molecule has 0 aliphatic heterocycles. The zero-order valence-electron chi connectivity index (χ0n) is 11.1. The van der Waals surface area contributed by atoms with Gasteiger partial charge in [0, 0.05) is 11.1 Å². The predicted octanol–water partition coefficient (Wildman–Crippen LogP) is 2.57. The molecule has 2 aromatic rings. The molecule has 0 spiro atoms. The minimum absolute atomic E-state index is 0.0796. The first-order valence-corrected chi connectivity index (χ1v) is 6.61. The zero-order valence-corrected chi connectivity index (χ0v) is 11.9. The third-order valence-corrected chi connectivity index (χ3v) is 2.73. The molecule has 0 aliphatic carbocycles. The maximum atomic E-state index is 13.5. The maximum absolute atomic E-state index is 13.5. The normalized spacial score (nSPS) is 10.5. The number of para-hydroxylation sites is 1. The summed E-state index contributed by atoms with van der Waals surface area (Å²) < 4.78 is 19.2. The quantitative estimate of drug-likeness (QED) is 0.506. The number of halogens is 1.